The molecule has 1 aromatic carbocycles. The maximum absolute atomic E-state index is 12.4. The van der Waals surface area contributed by atoms with Gasteiger partial charge in [-0.2, -0.15) is 0 Å². The van der Waals surface area contributed by atoms with Gasteiger partial charge < -0.3 is 20.1 Å². The van der Waals surface area contributed by atoms with Crippen LogP contribution in [-0.2, 0) is 14.6 Å². The number of likely N-dealkylation sites (N-methyl/N-ethyl adjacent to an activating group) is 1. The Bertz CT molecular complexity index is 680. The summed E-state index contributed by atoms with van der Waals surface area (Å²) in [6, 6.07) is 4.37. The lowest BCUT2D eigenvalue weighted by Gasteiger charge is -2.23. The van der Waals surface area contributed by atoms with Gasteiger partial charge in [-0.05, 0) is 19.1 Å². The second-order valence-electron chi connectivity index (χ2n) is 5.46. The summed E-state index contributed by atoms with van der Waals surface area (Å²) < 4.78 is 35.5. The highest BCUT2D eigenvalue weighted by molar-refractivity contribution is 7.91. The van der Waals surface area contributed by atoms with Crippen LogP contribution in [-0.4, -0.2) is 57.8 Å². The van der Waals surface area contributed by atoms with Crippen LogP contribution in [0.1, 0.15) is 13.3 Å². The van der Waals surface area contributed by atoms with Crippen molar-refractivity contribution in [1.29, 1.82) is 0 Å². The number of hydrogen-bond donors (Lipinski definition) is 1. The number of rotatable bonds is 6. The number of carbonyl (C=O) groups excluding carboxylic acids is 1. The van der Waals surface area contributed by atoms with E-state index in [1.54, 1.807) is 13.1 Å². The first-order valence-corrected chi connectivity index (χ1v) is 9.08. The SMILES string of the molecule is CC(CN)N(C)C(=O)CCS(=O)(=O)c1ccc2c(c1)OCCO2.Cl. The summed E-state index contributed by atoms with van der Waals surface area (Å²) in [6.07, 6.45) is -0.0857. The molecular formula is C15H23ClN2O5S. The number of nitrogens with two attached hydrogens (primary N) is 1. The van der Waals surface area contributed by atoms with Crippen molar-refractivity contribution in [2.45, 2.75) is 24.3 Å². The number of hydrogen-bond acceptors (Lipinski definition) is 6. The van der Waals surface area contributed by atoms with Crippen LogP contribution >= 0.6 is 12.4 Å². The molecule has 1 aromatic rings. The Labute approximate surface area is 148 Å². The van der Waals surface area contributed by atoms with Gasteiger partial charge in [0.1, 0.15) is 13.2 Å². The van der Waals surface area contributed by atoms with Crippen LogP contribution < -0.4 is 15.2 Å². The van der Waals surface area contributed by atoms with Gasteiger partial charge in [0, 0.05) is 32.1 Å². The first-order chi connectivity index (χ1) is 10.8. The highest BCUT2D eigenvalue weighted by Crippen LogP contribution is 2.32. The van der Waals surface area contributed by atoms with E-state index in [0.29, 0.717) is 31.3 Å². The maximum atomic E-state index is 12.4. The van der Waals surface area contributed by atoms with E-state index < -0.39 is 9.84 Å². The zero-order valence-electron chi connectivity index (χ0n) is 13.7. The fourth-order valence-electron chi connectivity index (χ4n) is 2.14. The van der Waals surface area contributed by atoms with Gasteiger partial charge in [0.05, 0.1) is 10.6 Å². The molecule has 136 valence electrons. The zero-order chi connectivity index (χ0) is 17.0. The summed E-state index contributed by atoms with van der Waals surface area (Å²) in [5, 5.41) is 0. The second kappa shape index (κ2) is 8.55. The van der Waals surface area contributed by atoms with E-state index in [1.807, 2.05) is 6.92 Å². The third-order valence-corrected chi connectivity index (χ3v) is 5.57. The number of fused-ring (bicyclic) bond motifs is 1. The van der Waals surface area contributed by atoms with Crippen molar-refractivity contribution in [3.8, 4) is 11.5 Å². The molecule has 2 rings (SSSR count). The smallest absolute Gasteiger partial charge is 0.223 e. The lowest BCUT2D eigenvalue weighted by molar-refractivity contribution is -0.131. The Morgan fingerprint density at radius 2 is 1.92 bits per heavy atom. The number of nitrogens with zero attached hydrogens (tertiary/aromatic N) is 1. The number of ether oxygens (including phenoxy) is 2. The molecule has 1 unspecified atom stereocenters. The number of amides is 1. The van der Waals surface area contributed by atoms with Gasteiger partial charge in [-0.25, -0.2) is 8.42 Å². The van der Waals surface area contributed by atoms with Gasteiger partial charge in [0.15, 0.2) is 21.3 Å². The molecular weight excluding hydrogens is 356 g/mol. The van der Waals surface area contributed by atoms with Crippen LogP contribution in [0.2, 0.25) is 0 Å². The minimum absolute atomic E-state index is 0. The molecule has 0 aromatic heterocycles. The van der Waals surface area contributed by atoms with Crippen molar-refractivity contribution in [2.75, 3.05) is 32.6 Å². The van der Waals surface area contributed by atoms with Crippen molar-refractivity contribution in [2.24, 2.45) is 5.73 Å². The summed E-state index contributed by atoms with van der Waals surface area (Å²) in [7, 11) is -1.95. The molecule has 0 spiro atoms. The Morgan fingerprint density at radius 1 is 1.29 bits per heavy atom. The minimum Gasteiger partial charge on any atom is -0.486 e. The molecule has 1 aliphatic rings. The van der Waals surface area contributed by atoms with Crippen LogP contribution in [0.4, 0.5) is 0 Å². The predicted molar refractivity (Wildman–Crippen MR) is 92.6 cm³/mol. The standard InChI is InChI=1S/C15H22N2O5S.ClH/c1-11(10-16)17(2)15(18)5-8-23(19,20)12-3-4-13-14(9-12)22-7-6-21-13;/h3-4,9,11H,5-8,10,16H2,1-2H3;1H. The van der Waals surface area contributed by atoms with E-state index in [0.717, 1.165) is 0 Å². The third kappa shape index (κ3) is 4.75. The van der Waals surface area contributed by atoms with Gasteiger partial charge >= 0.3 is 0 Å². The van der Waals surface area contributed by atoms with Crippen molar-refractivity contribution >= 4 is 28.2 Å². The third-order valence-electron chi connectivity index (χ3n) is 3.85. The second-order valence-corrected chi connectivity index (χ2v) is 7.57. The zero-order valence-corrected chi connectivity index (χ0v) is 15.4. The number of benzene rings is 1. The molecule has 1 heterocycles. The number of carbonyl (C=O) groups is 1. The largest absolute Gasteiger partial charge is 0.486 e. The summed E-state index contributed by atoms with van der Waals surface area (Å²) in [4.78, 5) is 13.6. The molecule has 0 saturated heterocycles. The molecule has 1 amide bonds. The summed E-state index contributed by atoms with van der Waals surface area (Å²) in [6.45, 7) is 2.97. The topological polar surface area (TPSA) is 98.9 Å². The van der Waals surface area contributed by atoms with E-state index >= 15 is 0 Å². The van der Waals surface area contributed by atoms with Gasteiger partial charge in [-0.1, -0.05) is 0 Å². The van der Waals surface area contributed by atoms with E-state index in [9.17, 15) is 13.2 Å². The number of halogens is 1. The first kappa shape index (κ1) is 20.5. The highest BCUT2D eigenvalue weighted by atomic mass is 35.5. The summed E-state index contributed by atoms with van der Waals surface area (Å²) in [5.41, 5.74) is 5.51. The quantitative estimate of drug-likeness (QED) is 0.787. The van der Waals surface area contributed by atoms with Gasteiger partial charge in [-0.3, -0.25) is 4.79 Å². The first-order valence-electron chi connectivity index (χ1n) is 7.43. The van der Waals surface area contributed by atoms with Crippen molar-refractivity contribution in [3.05, 3.63) is 18.2 Å². The Morgan fingerprint density at radius 3 is 2.54 bits per heavy atom. The van der Waals surface area contributed by atoms with E-state index in [-0.39, 0.29) is 41.4 Å². The molecule has 9 heteroatoms. The van der Waals surface area contributed by atoms with Crippen LogP contribution in [0, 0.1) is 0 Å². The molecule has 7 nitrogen and oxygen atoms in total. The van der Waals surface area contributed by atoms with Crippen molar-refractivity contribution in [1.82, 2.24) is 4.90 Å². The summed E-state index contributed by atoms with van der Waals surface area (Å²) >= 11 is 0. The van der Waals surface area contributed by atoms with Crippen molar-refractivity contribution < 1.29 is 22.7 Å². The molecule has 0 bridgehead atoms. The Kier molecular flexibility index (Phi) is 7.31. The minimum atomic E-state index is -3.57. The monoisotopic (exact) mass is 378 g/mol. The van der Waals surface area contributed by atoms with E-state index in [4.69, 9.17) is 15.2 Å². The van der Waals surface area contributed by atoms with E-state index in [2.05, 4.69) is 0 Å². The lowest BCUT2D eigenvalue weighted by Crippen LogP contribution is -2.40. The summed E-state index contributed by atoms with van der Waals surface area (Å²) in [5.74, 6) is 0.442. The predicted octanol–water partition coefficient (Wildman–Crippen LogP) is 0.849. The molecule has 0 saturated carbocycles. The Balaban J connectivity index is 0.00000288. The fraction of sp³-hybridized carbons (Fsp3) is 0.533. The van der Waals surface area contributed by atoms with Gasteiger partial charge in [0.25, 0.3) is 0 Å². The van der Waals surface area contributed by atoms with Crippen LogP contribution in [0.3, 0.4) is 0 Å². The molecule has 0 fully saturated rings. The van der Waals surface area contributed by atoms with Crippen LogP contribution in [0.25, 0.3) is 0 Å². The van der Waals surface area contributed by atoms with Gasteiger partial charge in [0.2, 0.25) is 5.91 Å². The fourth-order valence-corrected chi connectivity index (χ4v) is 3.38. The molecule has 0 radical (unpaired) electrons. The molecule has 24 heavy (non-hydrogen) atoms. The average molecular weight is 379 g/mol. The van der Waals surface area contributed by atoms with Crippen molar-refractivity contribution in [3.63, 3.8) is 0 Å². The van der Waals surface area contributed by atoms with Crippen LogP contribution in [0.15, 0.2) is 23.1 Å². The Hall–Kier alpha value is -1.51. The van der Waals surface area contributed by atoms with Gasteiger partial charge in [-0.15, -0.1) is 12.4 Å². The normalized spacial score (nSPS) is 14.5. The molecule has 0 aliphatic carbocycles. The number of sulfone groups is 1. The highest BCUT2D eigenvalue weighted by Gasteiger charge is 2.22. The molecule has 1 aliphatic heterocycles. The molecule has 1 atom stereocenters. The lowest BCUT2D eigenvalue weighted by atomic mass is 10.3. The van der Waals surface area contributed by atoms with Crippen LogP contribution in [0.5, 0.6) is 11.5 Å². The van der Waals surface area contributed by atoms with E-state index in [1.165, 1.54) is 17.0 Å². The average Bonchev–Trinajstić information content (AvgIpc) is 2.57. The molecule has 2 N–H and O–H groups in total. The maximum Gasteiger partial charge on any atom is 0.223 e.